The zero-order valence-corrected chi connectivity index (χ0v) is 9.74. The molecule has 4 nitrogen and oxygen atoms in total. The molecule has 0 saturated carbocycles. The van der Waals surface area contributed by atoms with Crippen molar-refractivity contribution in [3.8, 4) is 0 Å². The molecule has 88 valence electrons. The van der Waals surface area contributed by atoms with Crippen molar-refractivity contribution in [2.24, 2.45) is 0 Å². The Kier molecular flexibility index (Phi) is 6.53. The van der Waals surface area contributed by atoms with Gasteiger partial charge in [0.25, 0.3) is 5.91 Å². The molecule has 0 saturated heterocycles. The number of pyridine rings is 1. The number of amides is 1. The van der Waals surface area contributed by atoms with Gasteiger partial charge in [-0.2, -0.15) is 0 Å². The minimum absolute atomic E-state index is 0.155. The average Bonchev–Trinajstić information content (AvgIpc) is 2.34. The first-order valence-electron chi connectivity index (χ1n) is 5.17. The lowest BCUT2D eigenvalue weighted by Crippen LogP contribution is -2.26. The molecule has 0 spiro atoms. The molecule has 0 aliphatic heterocycles. The molecular formula is C11H15ClN2O2. The Bertz CT molecular complexity index is 306. The van der Waals surface area contributed by atoms with Gasteiger partial charge in [0, 0.05) is 25.2 Å². The Morgan fingerprint density at radius 2 is 2.31 bits per heavy atom. The van der Waals surface area contributed by atoms with E-state index in [1.807, 2.05) is 0 Å². The van der Waals surface area contributed by atoms with Gasteiger partial charge in [0.2, 0.25) is 0 Å². The van der Waals surface area contributed by atoms with E-state index >= 15 is 0 Å². The number of nitrogens with one attached hydrogen (secondary N) is 1. The molecule has 1 N–H and O–H groups in total. The predicted octanol–water partition coefficient (Wildman–Crippen LogP) is 1.46. The number of halogens is 1. The smallest absolute Gasteiger partial charge is 0.269 e. The van der Waals surface area contributed by atoms with Gasteiger partial charge in [-0.15, -0.1) is 11.6 Å². The number of ether oxygens (including phenoxy) is 1. The van der Waals surface area contributed by atoms with Crippen LogP contribution >= 0.6 is 11.6 Å². The topological polar surface area (TPSA) is 51.2 Å². The standard InChI is InChI=1S/C11H15ClN2O2/c12-5-9-16-8-3-7-14-11(15)10-4-1-2-6-13-10/h1-2,4,6H,3,5,7-9H2,(H,14,15). The molecule has 1 aromatic heterocycles. The maximum absolute atomic E-state index is 11.5. The fourth-order valence-electron chi connectivity index (χ4n) is 1.12. The Balaban J connectivity index is 2.12. The number of alkyl halides is 1. The highest BCUT2D eigenvalue weighted by Crippen LogP contribution is 1.92. The van der Waals surface area contributed by atoms with Gasteiger partial charge in [0.15, 0.2) is 0 Å². The van der Waals surface area contributed by atoms with Crippen molar-refractivity contribution in [2.75, 3.05) is 25.6 Å². The summed E-state index contributed by atoms with van der Waals surface area (Å²) in [5, 5.41) is 2.76. The second-order valence-electron chi connectivity index (χ2n) is 3.13. The normalized spacial score (nSPS) is 10.1. The number of rotatable bonds is 7. The Labute approximate surface area is 100.0 Å². The van der Waals surface area contributed by atoms with Gasteiger partial charge in [-0.1, -0.05) is 6.07 Å². The number of carbonyl (C=O) groups is 1. The van der Waals surface area contributed by atoms with Crippen molar-refractivity contribution in [1.29, 1.82) is 0 Å². The Hall–Kier alpha value is -1.13. The summed E-state index contributed by atoms with van der Waals surface area (Å²) in [6.45, 7) is 1.74. The average molecular weight is 243 g/mol. The quantitative estimate of drug-likeness (QED) is 0.582. The van der Waals surface area contributed by atoms with E-state index in [0.29, 0.717) is 31.3 Å². The monoisotopic (exact) mass is 242 g/mol. The molecule has 1 heterocycles. The van der Waals surface area contributed by atoms with Crippen molar-refractivity contribution in [3.63, 3.8) is 0 Å². The van der Waals surface area contributed by atoms with Gasteiger partial charge >= 0.3 is 0 Å². The van der Waals surface area contributed by atoms with Gasteiger partial charge in [0.05, 0.1) is 6.61 Å². The lowest BCUT2D eigenvalue weighted by molar-refractivity contribution is 0.0939. The molecule has 1 rings (SSSR count). The first-order valence-corrected chi connectivity index (χ1v) is 5.71. The summed E-state index contributed by atoms with van der Waals surface area (Å²) < 4.78 is 5.17. The fourth-order valence-corrected chi connectivity index (χ4v) is 1.23. The van der Waals surface area contributed by atoms with Crippen molar-refractivity contribution in [1.82, 2.24) is 10.3 Å². The molecule has 0 radical (unpaired) electrons. The first kappa shape index (κ1) is 12.9. The van der Waals surface area contributed by atoms with E-state index in [1.54, 1.807) is 24.4 Å². The van der Waals surface area contributed by atoms with E-state index in [1.165, 1.54) is 0 Å². The van der Waals surface area contributed by atoms with Crippen LogP contribution in [0.3, 0.4) is 0 Å². The molecule has 0 aromatic carbocycles. The number of nitrogens with zero attached hydrogens (tertiary/aromatic N) is 1. The molecule has 1 amide bonds. The molecule has 1 aromatic rings. The van der Waals surface area contributed by atoms with Crippen LogP contribution in [0.25, 0.3) is 0 Å². The van der Waals surface area contributed by atoms with E-state index in [4.69, 9.17) is 16.3 Å². The van der Waals surface area contributed by atoms with Crippen LogP contribution in [-0.2, 0) is 4.74 Å². The van der Waals surface area contributed by atoms with Crippen LogP contribution in [0.1, 0.15) is 16.9 Å². The molecular weight excluding hydrogens is 228 g/mol. The minimum Gasteiger partial charge on any atom is -0.380 e. The molecule has 16 heavy (non-hydrogen) atoms. The third-order valence-electron chi connectivity index (χ3n) is 1.87. The van der Waals surface area contributed by atoms with Crippen LogP contribution in [0.4, 0.5) is 0 Å². The molecule has 0 fully saturated rings. The SMILES string of the molecule is O=C(NCCCOCCCl)c1ccccn1. The van der Waals surface area contributed by atoms with Crippen molar-refractivity contribution in [3.05, 3.63) is 30.1 Å². The summed E-state index contributed by atoms with van der Waals surface area (Å²) in [5.41, 5.74) is 0.434. The zero-order chi connectivity index (χ0) is 11.6. The molecule has 0 bridgehead atoms. The van der Waals surface area contributed by atoms with Crippen LogP contribution in [0, 0.1) is 0 Å². The summed E-state index contributed by atoms with van der Waals surface area (Å²) in [5.74, 6) is 0.346. The maximum Gasteiger partial charge on any atom is 0.269 e. The van der Waals surface area contributed by atoms with Gasteiger partial charge in [-0.25, -0.2) is 0 Å². The van der Waals surface area contributed by atoms with Crippen LogP contribution in [0.5, 0.6) is 0 Å². The zero-order valence-electron chi connectivity index (χ0n) is 8.99. The van der Waals surface area contributed by atoms with Crippen molar-refractivity contribution >= 4 is 17.5 Å². The van der Waals surface area contributed by atoms with E-state index in [-0.39, 0.29) is 5.91 Å². The third-order valence-corrected chi connectivity index (χ3v) is 2.02. The second-order valence-corrected chi connectivity index (χ2v) is 3.50. The van der Waals surface area contributed by atoms with Gasteiger partial charge < -0.3 is 10.1 Å². The predicted molar refractivity (Wildman–Crippen MR) is 62.7 cm³/mol. The molecule has 5 heteroatoms. The van der Waals surface area contributed by atoms with Crippen LogP contribution < -0.4 is 5.32 Å². The van der Waals surface area contributed by atoms with Crippen LogP contribution in [-0.4, -0.2) is 36.5 Å². The lowest BCUT2D eigenvalue weighted by atomic mass is 10.3. The molecule has 0 unspecified atom stereocenters. The third kappa shape index (κ3) is 5.09. The van der Waals surface area contributed by atoms with Gasteiger partial charge in [-0.3, -0.25) is 9.78 Å². The molecule has 0 aliphatic carbocycles. The van der Waals surface area contributed by atoms with Crippen LogP contribution in [0.15, 0.2) is 24.4 Å². The highest BCUT2D eigenvalue weighted by Gasteiger charge is 2.03. The molecule has 0 aliphatic rings. The van der Waals surface area contributed by atoms with E-state index in [0.717, 1.165) is 6.42 Å². The first-order chi connectivity index (χ1) is 7.84. The number of hydrogen-bond acceptors (Lipinski definition) is 3. The lowest BCUT2D eigenvalue weighted by Gasteiger charge is -2.04. The largest absolute Gasteiger partial charge is 0.380 e. The number of hydrogen-bond donors (Lipinski definition) is 1. The summed E-state index contributed by atoms with van der Waals surface area (Å²) in [6.07, 6.45) is 2.37. The highest BCUT2D eigenvalue weighted by molar-refractivity contribution is 6.17. The number of aromatic nitrogens is 1. The van der Waals surface area contributed by atoms with Gasteiger partial charge in [-0.05, 0) is 18.6 Å². The minimum atomic E-state index is -0.155. The second kappa shape index (κ2) is 8.07. The van der Waals surface area contributed by atoms with Gasteiger partial charge in [0.1, 0.15) is 5.69 Å². The summed E-state index contributed by atoms with van der Waals surface area (Å²) in [4.78, 5) is 15.4. The van der Waals surface area contributed by atoms with E-state index in [9.17, 15) is 4.79 Å². The van der Waals surface area contributed by atoms with Crippen LogP contribution in [0.2, 0.25) is 0 Å². The van der Waals surface area contributed by atoms with E-state index < -0.39 is 0 Å². The Morgan fingerprint density at radius 1 is 1.44 bits per heavy atom. The number of carbonyl (C=O) groups excluding carboxylic acids is 1. The maximum atomic E-state index is 11.5. The highest BCUT2D eigenvalue weighted by atomic mass is 35.5. The summed E-state index contributed by atoms with van der Waals surface area (Å²) in [6, 6.07) is 5.24. The summed E-state index contributed by atoms with van der Waals surface area (Å²) in [7, 11) is 0. The Morgan fingerprint density at radius 3 is 3.00 bits per heavy atom. The fraction of sp³-hybridized carbons (Fsp3) is 0.455. The summed E-state index contributed by atoms with van der Waals surface area (Å²) >= 11 is 5.44. The van der Waals surface area contributed by atoms with Crippen molar-refractivity contribution in [2.45, 2.75) is 6.42 Å². The van der Waals surface area contributed by atoms with Crippen molar-refractivity contribution < 1.29 is 9.53 Å². The molecule has 0 atom stereocenters. The van der Waals surface area contributed by atoms with E-state index in [2.05, 4.69) is 10.3 Å².